The molecule has 2 aliphatic heterocycles. The zero-order chi connectivity index (χ0) is 24.6. The van der Waals surface area contributed by atoms with E-state index in [1.54, 1.807) is 4.90 Å². The Bertz CT molecular complexity index is 1210. The smallest absolute Gasteiger partial charge is 0.270 e. The number of anilines is 1. The van der Waals surface area contributed by atoms with E-state index >= 15 is 0 Å². The van der Waals surface area contributed by atoms with E-state index in [1.165, 1.54) is 18.9 Å². The lowest BCUT2D eigenvalue weighted by atomic mass is 10.0. The molecular weight excluding hydrogens is 452 g/mol. The average Bonchev–Trinajstić information content (AvgIpc) is 3.24. The molecular formula is C25H28N4O4S. The van der Waals surface area contributed by atoms with E-state index in [1.807, 2.05) is 57.2 Å². The van der Waals surface area contributed by atoms with Crippen molar-refractivity contribution in [2.45, 2.75) is 45.9 Å². The van der Waals surface area contributed by atoms with Crippen LogP contribution in [0.5, 0.6) is 5.75 Å². The van der Waals surface area contributed by atoms with Gasteiger partial charge in [0.2, 0.25) is 16.7 Å². The Morgan fingerprint density at radius 1 is 1.12 bits per heavy atom. The minimum atomic E-state index is -1.38. The van der Waals surface area contributed by atoms with Crippen LogP contribution in [0, 0.1) is 20.8 Å². The maximum Gasteiger partial charge on any atom is 0.270 e. The van der Waals surface area contributed by atoms with Crippen LogP contribution >= 0.6 is 11.8 Å². The van der Waals surface area contributed by atoms with Gasteiger partial charge in [-0.1, -0.05) is 35.9 Å². The van der Waals surface area contributed by atoms with Gasteiger partial charge in [0.15, 0.2) is 5.17 Å². The number of carbonyl (C=O) groups is 3. The van der Waals surface area contributed by atoms with Gasteiger partial charge in [0.05, 0.1) is 12.3 Å². The lowest BCUT2D eigenvalue weighted by Crippen LogP contribution is -2.48. The Morgan fingerprint density at radius 3 is 2.53 bits per heavy atom. The van der Waals surface area contributed by atoms with Crippen molar-refractivity contribution >= 4 is 40.3 Å². The molecule has 0 aliphatic carbocycles. The number of para-hydroxylation sites is 1. The van der Waals surface area contributed by atoms with E-state index in [0.717, 1.165) is 39.9 Å². The molecule has 3 amide bonds. The monoisotopic (exact) mass is 480 g/mol. The third-order valence-corrected chi connectivity index (χ3v) is 7.05. The second-order valence-electron chi connectivity index (χ2n) is 8.57. The molecule has 178 valence electrons. The van der Waals surface area contributed by atoms with Crippen LogP contribution < -0.4 is 15.0 Å². The largest absolute Gasteiger partial charge is 0.493 e. The minimum Gasteiger partial charge on any atom is -0.493 e. The van der Waals surface area contributed by atoms with Gasteiger partial charge in [-0.05, 0) is 56.1 Å². The fourth-order valence-electron chi connectivity index (χ4n) is 4.47. The first kappa shape index (κ1) is 23.8. The number of nitrogens with one attached hydrogen (secondary N) is 1. The predicted octanol–water partition coefficient (Wildman–Crippen LogP) is 3.58. The van der Waals surface area contributed by atoms with Crippen LogP contribution in [-0.4, -0.2) is 41.0 Å². The maximum absolute atomic E-state index is 14.0. The van der Waals surface area contributed by atoms with Crippen LogP contribution in [0.3, 0.4) is 0 Å². The fraction of sp³-hybridized carbons (Fsp3) is 0.360. The number of aryl methyl sites for hydroxylation is 3. The Labute approximate surface area is 203 Å². The molecule has 1 atom stereocenters. The van der Waals surface area contributed by atoms with Crippen molar-refractivity contribution in [1.82, 2.24) is 10.3 Å². The van der Waals surface area contributed by atoms with Crippen LogP contribution in [0.4, 0.5) is 5.69 Å². The van der Waals surface area contributed by atoms with E-state index in [4.69, 9.17) is 4.74 Å². The number of hydrazone groups is 1. The summed E-state index contributed by atoms with van der Waals surface area (Å²) in [5, 5.41) is 8.38. The van der Waals surface area contributed by atoms with Gasteiger partial charge in [0, 0.05) is 26.0 Å². The van der Waals surface area contributed by atoms with Crippen LogP contribution in [0.1, 0.15) is 42.5 Å². The summed E-state index contributed by atoms with van der Waals surface area (Å²) >= 11 is 1.10. The molecule has 0 radical (unpaired) electrons. The highest BCUT2D eigenvalue weighted by atomic mass is 32.2. The van der Waals surface area contributed by atoms with E-state index in [9.17, 15) is 14.4 Å². The number of benzene rings is 2. The summed E-state index contributed by atoms with van der Waals surface area (Å²) in [5.41, 5.74) is 4.46. The first-order valence-corrected chi connectivity index (χ1v) is 11.9. The molecule has 0 saturated heterocycles. The third-order valence-electron chi connectivity index (χ3n) is 5.81. The Balaban J connectivity index is 1.64. The van der Waals surface area contributed by atoms with Crippen molar-refractivity contribution < 1.29 is 19.1 Å². The number of carbonyl (C=O) groups excluding carboxylic acids is 3. The molecule has 4 rings (SSSR count). The van der Waals surface area contributed by atoms with Crippen molar-refractivity contribution in [3.05, 3.63) is 58.7 Å². The van der Waals surface area contributed by atoms with Gasteiger partial charge in [-0.3, -0.25) is 14.4 Å². The zero-order valence-corrected chi connectivity index (χ0v) is 20.8. The standard InChI is InChI=1S/C25H28N4O4S/c1-15-13-17(3)22-20(14-15)25(29(19(5)31)27-24(34-25)26-18(4)30)23(32)28(22)11-8-12-33-21-10-7-6-9-16(21)2/h6-7,9-10,13-14H,8,11-12H2,1-5H3,(H,26,27,30)/t25-/m1/s1. The van der Waals surface area contributed by atoms with E-state index < -0.39 is 4.87 Å². The van der Waals surface area contributed by atoms with Gasteiger partial charge in [-0.15, -0.1) is 5.10 Å². The van der Waals surface area contributed by atoms with Gasteiger partial charge < -0.3 is 15.0 Å². The van der Waals surface area contributed by atoms with E-state index in [0.29, 0.717) is 25.1 Å². The van der Waals surface area contributed by atoms with E-state index in [2.05, 4.69) is 10.4 Å². The molecule has 2 aromatic carbocycles. The summed E-state index contributed by atoms with van der Waals surface area (Å²) in [6.45, 7) is 9.51. The minimum absolute atomic E-state index is 0.228. The number of amides is 3. The topological polar surface area (TPSA) is 91.3 Å². The molecule has 1 N–H and O–H groups in total. The van der Waals surface area contributed by atoms with Crippen LogP contribution in [0.15, 0.2) is 41.5 Å². The number of amidine groups is 1. The maximum atomic E-state index is 14.0. The number of thioether (sulfide) groups is 1. The predicted molar refractivity (Wildman–Crippen MR) is 133 cm³/mol. The number of nitrogens with zero attached hydrogens (tertiary/aromatic N) is 3. The normalized spacial score (nSPS) is 18.9. The Hall–Kier alpha value is -3.33. The van der Waals surface area contributed by atoms with Crippen molar-refractivity contribution in [3.8, 4) is 5.75 Å². The molecule has 0 saturated carbocycles. The molecule has 0 fully saturated rings. The Kier molecular flexibility index (Phi) is 6.40. The van der Waals surface area contributed by atoms with Crippen LogP contribution in [-0.2, 0) is 19.3 Å². The summed E-state index contributed by atoms with van der Waals surface area (Å²) in [5.74, 6) is -0.128. The SMILES string of the molecule is CC(=O)NC1=NN(C(C)=O)[C@]2(S1)C(=O)N(CCCOc1ccccc1C)c1c(C)cc(C)cc12. The summed E-state index contributed by atoms with van der Waals surface area (Å²) in [6.07, 6.45) is 0.604. The molecule has 2 aromatic rings. The number of fused-ring (bicyclic) bond motifs is 2. The second-order valence-corrected chi connectivity index (χ2v) is 9.75. The highest BCUT2D eigenvalue weighted by molar-refractivity contribution is 8.15. The number of hydrogen-bond acceptors (Lipinski definition) is 6. The summed E-state index contributed by atoms with van der Waals surface area (Å²) in [6, 6.07) is 11.8. The molecule has 0 bridgehead atoms. The average molecular weight is 481 g/mol. The number of hydrogen-bond donors (Lipinski definition) is 1. The van der Waals surface area contributed by atoms with E-state index in [-0.39, 0.29) is 22.9 Å². The highest BCUT2D eigenvalue weighted by Crippen LogP contribution is 2.55. The van der Waals surface area contributed by atoms with Gasteiger partial charge in [0.25, 0.3) is 5.91 Å². The summed E-state index contributed by atoms with van der Waals surface area (Å²) in [4.78, 5) is 38.6. The van der Waals surface area contributed by atoms with Crippen LogP contribution in [0.2, 0.25) is 0 Å². The Morgan fingerprint density at radius 2 is 1.85 bits per heavy atom. The number of ether oxygens (including phenoxy) is 1. The fourth-order valence-corrected chi connectivity index (χ4v) is 5.79. The highest BCUT2D eigenvalue weighted by Gasteiger charge is 2.61. The molecule has 0 unspecified atom stereocenters. The molecule has 1 spiro atoms. The molecule has 0 aromatic heterocycles. The molecule has 34 heavy (non-hydrogen) atoms. The number of rotatable bonds is 5. The van der Waals surface area contributed by atoms with Gasteiger partial charge in [-0.25, -0.2) is 0 Å². The van der Waals surface area contributed by atoms with Crippen molar-refractivity contribution in [3.63, 3.8) is 0 Å². The van der Waals surface area contributed by atoms with Crippen molar-refractivity contribution in [2.24, 2.45) is 5.10 Å². The molecule has 9 heteroatoms. The quantitative estimate of drug-likeness (QED) is 0.661. The first-order valence-electron chi connectivity index (χ1n) is 11.1. The summed E-state index contributed by atoms with van der Waals surface area (Å²) < 4.78 is 5.93. The van der Waals surface area contributed by atoms with Gasteiger partial charge in [-0.2, -0.15) is 5.01 Å². The zero-order valence-electron chi connectivity index (χ0n) is 20.0. The van der Waals surface area contributed by atoms with Gasteiger partial charge in [0.1, 0.15) is 5.75 Å². The molecule has 8 nitrogen and oxygen atoms in total. The summed E-state index contributed by atoms with van der Waals surface area (Å²) in [7, 11) is 0. The van der Waals surface area contributed by atoms with Gasteiger partial charge >= 0.3 is 0 Å². The van der Waals surface area contributed by atoms with Crippen molar-refractivity contribution in [1.29, 1.82) is 0 Å². The molecule has 2 heterocycles. The van der Waals surface area contributed by atoms with Crippen molar-refractivity contribution in [2.75, 3.05) is 18.1 Å². The molecule has 2 aliphatic rings. The lowest BCUT2D eigenvalue weighted by molar-refractivity contribution is -0.139. The third kappa shape index (κ3) is 4.04. The first-order chi connectivity index (χ1) is 16.1. The second kappa shape index (κ2) is 9.13. The van der Waals surface area contributed by atoms with Crippen LogP contribution in [0.25, 0.3) is 0 Å². The lowest BCUT2D eigenvalue weighted by Gasteiger charge is -2.29.